The van der Waals surface area contributed by atoms with Gasteiger partial charge < -0.3 is 15.1 Å². The lowest BCUT2D eigenvalue weighted by Gasteiger charge is -2.20. The first-order valence-corrected chi connectivity index (χ1v) is 10.5. The topological polar surface area (TPSA) is 67.2 Å². The van der Waals surface area contributed by atoms with E-state index in [0.29, 0.717) is 5.76 Å². The number of carbonyl (C=O) groups excluding carboxylic acids is 1. The van der Waals surface area contributed by atoms with Crippen molar-refractivity contribution in [2.45, 2.75) is 19.9 Å². The van der Waals surface area contributed by atoms with Gasteiger partial charge in [-0.1, -0.05) is 12.1 Å². The van der Waals surface area contributed by atoms with Crippen LogP contribution in [0.1, 0.15) is 37.5 Å². The van der Waals surface area contributed by atoms with E-state index < -0.39 is 0 Å². The molecule has 2 N–H and O–H groups in total. The van der Waals surface area contributed by atoms with E-state index in [-0.39, 0.29) is 11.9 Å². The van der Waals surface area contributed by atoms with Gasteiger partial charge in [0.1, 0.15) is 10.8 Å². The van der Waals surface area contributed by atoms with E-state index in [1.165, 1.54) is 6.26 Å². The van der Waals surface area contributed by atoms with Crippen molar-refractivity contribution in [3.8, 4) is 0 Å². The zero-order valence-electron chi connectivity index (χ0n) is 15.4. The number of amides is 1. The van der Waals surface area contributed by atoms with E-state index in [4.69, 9.17) is 4.42 Å². The van der Waals surface area contributed by atoms with Gasteiger partial charge in [-0.3, -0.25) is 4.79 Å². The second-order valence-electron chi connectivity index (χ2n) is 6.27. The summed E-state index contributed by atoms with van der Waals surface area (Å²) >= 11 is 3.24. The van der Waals surface area contributed by atoms with Crippen molar-refractivity contribution >= 4 is 39.4 Å². The number of anilines is 2. The zero-order valence-corrected chi connectivity index (χ0v) is 17.1. The fourth-order valence-electron chi connectivity index (χ4n) is 2.99. The molecule has 0 radical (unpaired) electrons. The van der Waals surface area contributed by atoms with Gasteiger partial charge >= 0.3 is 0 Å². The van der Waals surface area contributed by atoms with Gasteiger partial charge in [-0.15, -0.1) is 22.7 Å². The first-order valence-electron chi connectivity index (χ1n) is 8.79. The average molecular weight is 410 g/mol. The van der Waals surface area contributed by atoms with Crippen LogP contribution in [-0.2, 0) is 0 Å². The summed E-state index contributed by atoms with van der Waals surface area (Å²) in [6.07, 6.45) is 3.26. The first kappa shape index (κ1) is 18.5. The Bertz CT molecular complexity index is 1050. The summed E-state index contributed by atoms with van der Waals surface area (Å²) in [4.78, 5) is 19.3. The Hall–Kier alpha value is -2.90. The molecule has 4 aromatic heterocycles. The fourth-order valence-corrected chi connectivity index (χ4v) is 4.87. The van der Waals surface area contributed by atoms with Crippen LogP contribution in [-0.4, -0.2) is 10.9 Å². The number of nitrogens with zero attached hydrogens (tertiary/aromatic N) is 1. The molecule has 1 amide bonds. The third-order valence-corrected chi connectivity index (χ3v) is 6.55. The van der Waals surface area contributed by atoms with Crippen molar-refractivity contribution in [1.29, 1.82) is 0 Å². The molecule has 142 valence electrons. The predicted octanol–water partition coefficient (Wildman–Crippen LogP) is 5.87. The van der Waals surface area contributed by atoms with Crippen molar-refractivity contribution in [2.24, 2.45) is 0 Å². The third kappa shape index (κ3) is 3.72. The van der Waals surface area contributed by atoms with Gasteiger partial charge in [0.05, 0.1) is 12.3 Å². The number of nitrogens with one attached hydrogen (secondary N) is 2. The summed E-state index contributed by atoms with van der Waals surface area (Å²) in [5.74, 6) is 0.822. The zero-order chi connectivity index (χ0) is 19.5. The summed E-state index contributed by atoms with van der Waals surface area (Å²) in [5, 5.41) is 9.44. The smallest absolute Gasteiger partial charge is 0.291 e. The lowest BCUT2D eigenvalue weighted by atomic mass is 10.0. The third-order valence-electron chi connectivity index (χ3n) is 4.48. The molecule has 0 bridgehead atoms. The van der Waals surface area contributed by atoms with Gasteiger partial charge in [0.2, 0.25) is 0 Å². The van der Waals surface area contributed by atoms with E-state index in [1.54, 1.807) is 41.0 Å². The number of aromatic nitrogens is 1. The molecule has 0 aliphatic rings. The molecule has 0 saturated heterocycles. The van der Waals surface area contributed by atoms with Gasteiger partial charge in [0.15, 0.2) is 5.76 Å². The summed E-state index contributed by atoms with van der Waals surface area (Å²) in [6.45, 7) is 4.16. The molecule has 0 aliphatic heterocycles. The normalized spacial score (nSPS) is 11.9. The van der Waals surface area contributed by atoms with Crippen molar-refractivity contribution in [3.63, 3.8) is 0 Å². The Morgan fingerprint density at radius 2 is 2.04 bits per heavy atom. The van der Waals surface area contributed by atoms with Crippen molar-refractivity contribution in [2.75, 3.05) is 10.6 Å². The molecule has 1 atom stereocenters. The minimum atomic E-state index is -0.254. The van der Waals surface area contributed by atoms with Gasteiger partial charge in [-0.25, -0.2) is 4.98 Å². The molecule has 7 heteroatoms. The number of hydrogen-bond donors (Lipinski definition) is 2. The van der Waals surface area contributed by atoms with E-state index in [1.807, 2.05) is 24.3 Å². The van der Waals surface area contributed by atoms with Crippen LogP contribution in [0.3, 0.4) is 0 Å². The van der Waals surface area contributed by atoms with Crippen molar-refractivity contribution in [3.05, 3.63) is 86.9 Å². The van der Waals surface area contributed by atoms with Gasteiger partial charge in [0, 0.05) is 21.5 Å². The van der Waals surface area contributed by atoms with Crippen LogP contribution >= 0.6 is 22.7 Å². The molecular formula is C21H19N3O2S2. The van der Waals surface area contributed by atoms with Crippen LogP contribution in [0, 0.1) is 13.8 Å². The number of rotatable bonds is 6. The number of carbonyl (C=O) groups is 1. The number of aryl methyl sites for hydroxylation is 1. The monoisotopic (exact) mass is 409 g/mol. The SMILES string of the molecule is Cc1sc(NC(=O)c2ccco2)c(C(Nc2ccccn2)c2cccs2)c1C. The number of thiophene rings is 2. The largest absolute Gasteiger partial charge is 0.459 e. The molecule has 0 fully saturated rings. The van der Waals surface area contributed by atoms with E-state index in [9.17, 15) is 4.79 Å². The highest BCUT2D eigenvalue weighted by molar-refractivity contribution is 7.16. The molecule has 4 heterocycles. The molecule has 5 nitrogen and oxygen atoms in total. The molecular weight excluding hydrogens is 390 g/mol. The highest BCUT2D eigenvalue weighted by atomic mass is 32.1. The number of hydrogen-bond acceptors (Lipinski definition) is 6. The maximum absolute atomic E-state index is 12.6. The van der Waals surface area contributed by atoms with E-state index in [0.717, 1.165) is 31.7 Å². The molecule has 4 aromatic rings. The van der Waals surface area contributed by atoms with Crippen LogP contribution < -0.4 is 10.6 Å². The number of pyridine rings is 1. The van der Waals surface area contributed by atoms with E-state index in [2.05, 4.69) is 40.9 Å². The van der Waals surface area contributed by atoms with Crippen LogP contribution in [0.2, 0.25) is 0 Å². The summed E-state index contributed by atoms with van der Waals surface area (Å²) in [5.41, 5.74) is 2.21. The number of furan rings is 1. The Balaban J connectivity index is 1.74. The Morgan fingerprint density at radius 3 is 2.71 bits per heavy atom. The van der Waals surface area contributed by atoms with Crippen LogP contribution in [0.25, 0.3) is 0 Å². The molecule has 28 heavy (non-hydrogen) atoms. The molecule has 0 saturated carbocycles. The summed E-state index contributed by atoms with van der Waals surface area (Å²) in [7, 11) is 0. The maximum Gasteiger partial charge on any atom is 0.291 e. The van der Waals surface area contributed by atoms with Crippen molar-refractivity contribution in [1.82, 2.24) is 4.98 Å². The Kier molecular flexibility index (Phi) is 5.27. The molecule has 1 unspecified atom stereocenters. The maximum atomic E-state index is 12.6. The predicted molar refractivity (Wildman–Crippen MR) is 114 cm³/mol. The lowest BCUT2D eigenvalue weighted by molar-refractivity contribution is 0.0997. The average Bonchev–Trinajstić information content (AvgIpc) is 3.45. The summed E-state index contributed by atoms with van der Waals surface area (Å²) < 4.78 is 5.24. The lowest BCUT2D eigenvalue weighted by Crippen LogP contribution is -2.17. The molecule has 0 spiro atoms. The standard InChI is InChI=1S/C21H19N3O2S2/c1-13-14(2)28-21(24-20(25)15-7-5-11-26-15)18(13)19(16-8-6-12-27-16)23-17-9-3-4-10-22-17/h3-12,19H,1-2H3,(H,22,23)(H,24,25). The van der Waals surface area contributed by atoms with Gasteiger partial charge in [-0.05, 0) is 55.1 Å². The highest BCUT2D eigenvalue weighted by Crippen LogP contribution is 2.42. The van der Waals surface area contributed by atoms with Crippen LogP contribution in [0.5, 0.6) is 0 Å². The fraction of sp³-hybridized carbons (Fsp3) is 0.143. The Labute approximate surface area is 171 Å². The van der Waals surface area contributed by atoms with Crippen LogP contribution in [0.4, 0.5) is 10.8 Å². The second kappa shape index (κ2) is 8.00. The highest BCUT2D eigenvalue weighted by Gasteiger charge is 2.26. The minimum Gasteiger partial charge on any atom is -0.459 e. The second-order valence-corrected chi connectivity index (χ2v) is 8.47. The Morgan fingerprint density at radius 1 is 1.14 bits per heavy atom. The van der Waals surface area contributed by atoms with Gasteiger partial charge in [-0.2, -0.15) is 0 Å². The molecule has 0 aromatic carbocycles. The van der Waals surface area contributed by atoms with Crippen LogP contribution in [0.15, 0.2) is 64.7 Å². The quantitative estimate of drug-likeness (QED) is 0.418. The minimum absolute atomic E-state index is 0.119. The first-order chi connectivity index (χ1) is 13.6. The molecule has 4 rings (SSSR count). The van der Waals surface area contributed by atoms with Gasteiger partial charge in [0.25, 0.3) is 5.91 Å². The molecule has 0 aliphatic carbocycles. The van der Waals surface area contributed by atoms with E-state index >= 15 is 0 Å². The summed E-state index contributed by atoms with van der Waals surface area (Å²) in [6, 6.07) is 13.1. The van der Waals surface area contributed by atoms with Crippen molar-refractivity contribution < 1.29 is 9.21 Å².